The number of nitrogens with zero attached hydrogens (tertiary/aromatic N) is 2. The van der Waals surface area contributed by atoms with E-state index in [1.54, 1.807) is 0 Å². The maximum absolute atomic E-state index is 13.2. The van der Waals surface area contributed by atoms with Crippen molar-refractivity contribution in [2.45, 2.75) is 52.5 Å². The summed E-state index contributed by atoms with van der Waals surface area (Å²) in [5, 5.41) is 7.92. The maximum Gasteiger partial charge on any atom is 0.272 e. The Morgan fingerprint density at radius 2 is 1.69 bits per heavy atom. The molecule has 4 rings (SSSR count). The fourth-order valence-corrected chi connectivity index (χ4v) is 4.64. The van der Waals surface area contributed by atoms with Crippen molar-refractivity contribution in [3.63, 3.8) is 0 Å². The van der Waals surface area contributed by atoms with Gasteiger partial charge in [-0.05, 0) is 58.1 Å². The minimum absolute atomic E-state index is 0.0314. The topological polar surface area (TPSA) is 90.0 Å². The molecule has 6 heteroatoms. The molecule has 3 aromatic rings. The molecule has 0 bridgehead atoms. The molecule has 0 spiro atoms. The maximum atomic E-state index is 13.2. The number of rotatable bonds is 5. The van der Waals surface area contributed by atoms with Crippen LogP contribution < -0.4 is 11.1 Å². The van der Waals surface area contributed by atoms with Gasteiger partial charge in [-0.1, -0.05) is 48.0 Å². The summed E-state index contributed by atoms with van der Waals surface area (Å²) >= 11 is 0. The number of nitrogens with two attached hydrogens (primary N) is 1. The molecule has 0 aliphatic heterocycles. The second-order valence-electron chi connectivity index (χ2n) is 8.81. The first-order valence-corrected chi connectivity index (χ1v) is 11.2. The van der Waals surface area contributed by atoms with E-state index in [1.807, 2.05) is 41.9 Å². The molecular weight excluding hydrogens is 400 g/mol. The lowest BCUT2D eigenvalue weighted by Crippen LogP contribution is -2.40. The number of carbonyl (C=O) groups is 2. The van der Waals surface area contributed by atoms with E-state index in [1.165, 1.54) is 5.56 Å². The van der Waals surface area contributed by atoms with Crippen LogP contribution in [0.25, 0.3) is 16.9 Å². The second-order valence-corrected chi connectivity index (χ2v) is 8.81. The summed E-state index contributed by atoms with van der Waals surface area (Å²) < 4.78 is 1.89. The number of hydrogen-bond acceptors (Lipinski definition) is 3. The number of aromatic nitrogens is 2. The largest absolute Gasteiger partial charge is 0.369 e. The van der Waals surface area contributed by atoms with Gasteiger partial charge in [0.25, 0.3) is 5.91 Å². The van der Waals surface area contributed by atoms with E-state index in [2.05, 4.69) is 37.4 Å². The molecule has 1 saturated carbocycles. The second kappa shape index (κ2) is 8.99. The molecule has 0 saturated heterocycles. The van der Waals surface area contributed by atoms with Crippen molar-refractivity contribution < 1.29 is 9.59 Å². The van der Waals surface area contributed by atoms with E-state index in [0.717, 1.165) is 40.9 Å². The number of primary amides is 1. The van der Waals surface area contributed by atoms with Crippen LogP contribution in [0.2, 0.25) is 0 Å². The molecule has 166 valence electrons. The molecule has 1 fully saturated rings. The summed E-state index contributed by atoms with van der Waals surface area (Å²) in [7, 11) is 0. The molecule has 2 aromatic carbocycles. The summed E-state index contributed by atoms with van der Waals surface area (Å²) in [6, 6.07) is 16.3. The zero-order chi connectivity index (χ0) is 22.8. The lowest BCUT2D eigenvalue weighted by atomic mass is 9.85. The summed E-state index contributed by atoms with van der Waals surface area (Å²) in [6.07, 6.45) is 2.93. The van der Waals surface area contributed by atoms with Gasteiger partial charge in [0.15, 0.2) is 5.69 Å². The highest BCUT2D eigenvalue weighted by Gasteiger charge is 2.28. The highest BCUT2D eigenvalue weighted by Crippen LogP contribution is 2.31. The molecule has 1 aromatic heterocycles. The standard InChI is InChI=1S/C26H30N4O2/c1-16-9-14-22(17(2)15-16)30-24(19-7-5-4-6-8-19)18(3)23(29-30)26(32)28-21-12-10-20(11-13-21)25(27)31/h4-9,14-15,20-21H,10-13H2,1-3H3,(H2,27,31)(H,28,32). The third-order valence-corrected chi connectivity index (χ3v) is 6.43. The van der Waals surface area contributed by atoms with Gasteiger partial charge in [0, 0.05) is 23.1 Å². The van der Waals surface area contributed by atoms with Gasteiger partial charge in [-0.15, -0.1) is 0 Å². The summed E-state index contributed by atoms with van der Waals surface area (Å²) in [5.74, 6) is -0.505. The SMILES string of the molecule is Cc1ccc(-n2nc(C(=O)NC3CCC(C(N)=O)CC3)c(C)c2-c2ccccc2)c(C)c1. The van der Waals surface area contributed by atoms with Crippen LogP contribution in [0.4, 0.5) is 0 Å². The van der Waals surface area contributed by atoms with Crippen molar-refractivity contribution >= 4 is 11.8 Å². The van der Waals surface area contributed by atoms with Crippen molar-refractivity contribution in [1.29, 1.82) is 0 Å². The minimum atomic E-state index is -0.245. The average molecular weight is 431 g/mol. The molecule has 0 atom stereocenters. The van der Waals surface area contributed by atoms with Crippen LogP contribution in [-0.2, 0) is 4.79 Å². The Balaban J connectivity index is 1.68. The van der Waals surface area contributed by atoms with E-state index in [9.17, 15) is 9.59 Å². The Morgan fingerprint density at radius 1 is 1.00 bits per heavy atom. The fraction of sp³-hybridized carbons (Fsp3) is 0.346. The third-order valence-electron chi connectivity index (χ3n) is 6.43. The quantitative estimate of drug-likeness (QED) is 0.634. The van der Waals surface area contributed by atoms with Crippen molar-refractivity contribution in [2.75, 3.05) is 0 Å². The highest BCUT2D eigenvalue weighted by molar-refractivity contribution is 5.96. The van der Waals surface area contributed by atoms with Crippen molar-refractivity contribution in [2.24, 2.45) is 11.7 Å². The predicted octanol–water partition coefficient (Wildman–Crippen LogP) is 4.24. The highest BCUT2D eigenvalue weighted by atomic mass is 16.2. The molecule has 6 nitrogen and oxygen atoms in total. The Kier molecular flexibility index (Phi) is 6.12. The zero-order valence-electron chi connectivity index (χ0n) is 18.9. The molecule has 1 heterocycles. The number of hydrogen-bond donors (Lipinski definition) is 2. The number of amides is 2. The molecule has 3 N–H and O–H groups in total. The minimum Gasteiger partial charge on any atom is -0.369 e. The van der Waals surface area contributed by atoms with Gasteiger partial charge < -0.3 is 11.1 Å². The molecule has 0 unspecified atom stereocenters. The van der Waals surface area contributed by atoms with Crippen molar-refractivity contribution in [3.8, 4) is 16.9 Å². The summed E-state index contributed by atoms with van der Waals surface area (Å²) in [5.41, 5.74) is 11.9. The Bertz CT molecular complexity index is 1140. The van der Waals surface area contributed by atoms with Crippen LogP contribution in [0.15, 0.2) is 48.5 Å². The van der Waals surface area contributed by atoms with Gasteiger partial charge in [0.2, 0.25) is 5.91 Å². The fourth-order valence-electron chi connectivity index (χ4n) is 4.64. The van der Waals surface area contributed by atoms with Crippen LogP contribution in [0.1, 0.15) is 52.9 Å². The molecule has 2 amide bonds. The van der Waals surface area contributed by atoms with Crippen LogP contribution >= 0.6 is 0 Å². The molecule has 1 aliphatic rings. The third kappa shape index (κ3) is 4.31. The monoisotopic (exact) mass is 430 g/mol. The summed E-state index contributed by atoms with van der Waals surface area (Å²) in [6.45, 7) is 6.08. The Morgan fingerprint density at radius 3 is 2.31 bits per heavy atom. The zero-order valence-corrected chi connectivity index (χ0v) is 18.9. The lowest BCUT2D eigenvalue weighted by molar-refractivity contribution is -0.122. The Labute approximate surface area is 188 Å². The molecule has 0 radical (unpaired) electrons. The van der Waals surface area contributed by atoms with Crippen LogP contribution in [0.3, 0.4) is 0 Å². The van der Waals surface area contributed by atoms with Crippen molar-refractivity contribution in [1.82, 2.24) is 15.1 Å². The molecule has 1 aliphatic carbocycles. The van der Waals surface area contributed by atoms with Gasteiger partial charge in [-0.3, -0.25) is 9.59 Å². The van der Waals surface area contributed by atoms with Crippen LogP contribution in [0, 0.1) is 26.7 Å². The van der Waals surface area contributed by atoms with Crippen molar-refractivity contribution in [3.05, 3.63) is 70.9 Å². The smallest absolute Gasteiger partial charge is 0.272 e. The number of carbonyl (C=O) groups excluding carboxylic acids is 2. The molecular formula is C26H30N4O2. The molecule has 32 heavy (non-hydrogen) atoms. The van der Waals surface area contributed by atoms with Gasteiger partial charge >= 0.3 is 0 Å². The average Bonchev–Trinajstić information content (AvgIpc) is 3.11. The van der Waals surface area contributed by atoms with Gasteiger partial charge in [0.05, 0.1) is 11.4 Å². The predicted molar refractivity (Wildman–Crippen MR) is 126 cm³/mol. The first-order valence-electron chi connectivity index (χ1n) is 11.2. The summed E-state index contributed by atoms with van der Waals surface area (Å²) in [4.78, 5) is 24.7. The van der Waals surface area contributed by atoms with E-state index in [4.69, 9.17) is 10.8 Å². The number of benzene rings is 2. The van der Waals surface area contributed by atoms with E-state index in [0.29, 0.717) is 18.5 Å². The van der Waals surface area contributed by atoms with E-state index >= 15 is 0 Å². The van der Waals surface area contributed by atoms with E-state index in [-0.39, 0.29) is 23.8 Å². The normalized spacial score (nSPS) is 18.3. The Hall–Kier alpha value is -3.41. The van der Waals surface area contributed by atoms with Gasteiger partial charge in [-0.25, -0.2) is 4.68 Å². The number of aryl methyl sites for hydroxylation is 2. The van der Waals surface area contributed by atoms with Gasteiger partial charge in [0.1, 0.15) is 0 Å². The van der Waals surface area contributed by atoms with Gasteiger partial charge in [-0.2, -0.15) is 5.10 Å². The van der Waals surface area contributed by atoms with Crippen LogP contribution in [0.5, 0.6) is 0 Å². The van der Waals surface area contributed by atoms with E-state index < -0.39 is 0 Å². The van der Waals surface area contributed by atoms with Crippen LogP contribution in [-0.4, -0.2) is 27.6 Å². The first kappa shape index (κ1) is 21.8. The number of nitrogens with one attached hydrogen (secondary N) is 1. The first-order chi connectivity index (χ1) is 15.3. The lowest BCUT2D eigenvalue weighted by Gasteiger charge is -2.27.